The van der Waals surface area contributed by atoms with Gasteiger partial charge in [0.1, 0.15) is 12.1 Å². The van der Waals surface area contributed by atoms with Gasteiger partial charge < -0.3 is 0 Å². The normalized spacial score (nSPS) is 8.86. The molecule has 4 heteroatoms. The summed E-state index contributed by atoms with van der Waals surface area (Å²) in [5, 5.41) is 17.6. The van der Waals surface area contributed by atoms with Crippen LogP contribution in [0.25, 0.3) is 0 Å². The predicted molar refractivity (Wildman–Crippen MR) is 50.9 cm³/mol. The Hall–Kier alpha value is -1.84. The number of carbonyl (C=O) groups excluding carboxylic acids is 1. The highest BCUT2D eigenvalue weighted by Crippen LogP contribution is 2.21. The lowest BCUT2D eigenvalue weighted by atomic mass is 10.0. The maximum Gasteiger partial charge on any atom is 0.161 e. The monoisotopic (exact) mass is 204 g/mol. The first kappa shape index (κ1) is 10.2. The molecule has 0 amide bonds. The van der Waals surface area contributed by atoms with Crippen molar-refractivity contribution in [3.8, 4) is 12.1 Å². The number of benzene rings is 1. The predicted octanol–water partition coefficient (Wildman–Crippen LogP) is 2.29. The van der Waals surface area contributed by atoms with E-state index in [1.807, 2.05) is 12.1 Å². The van der Waals surface area contributed by atoms with Crippen molar-refractivity contribution in [1.29, 1.82) is 10.5 Å². The Morgan fingerprint density at radius 3 is 2.21 bits per heavy atom. The number of carbonyl (C=O) groups is 1. The van der Waals surface area contributed by atoms with E-state index < -0.39 is 0 Å². The summed E-state index contributed by atoms with van der Waals surface area (Å²) in [5.41, 5.74) is 0.617. The Balaban J connectivity index is 3.50. The third-order valence-electron chi connectivity index (χ3n) is 1.73. The molecule has 0 atom stereocenters. The van der Waals surface area contributed by atoms with E-state index in [4.69, 9.17) is 22.1 Å². The van der Waals surface area contributed by atoms with Gasteiger partial charge in [0.2, 0.25) is 0 Å². The summed E-state index contributed by atoms with van der Waals surface area (Å²) in [7, 11) is 0. The number of rotatable bonds is 1. The molecule has 0 heterocycles. The van der Waals surface area contributed by atoms with Crippen molar-refractivity contribution in [3.05, 3.63) is 33.8 Å². The van der Waals surface area contributed by atoms with Gasteiger partial charge in [-0.1, -0.05) is 11.6 Å². The molecular formula is C10H5ClN2O. The van der Waals surface area contributed by atoms with Crippen molar-refractivity contribution in [3.63, 3.8) is 0 Å². The van der Waals surface area contributed by atoms with E-state index in [1.165, 1.54) is 19.1 Å². The number of nitrogens with zero attached hydrogens (tertiary/aromatic N) is 2. The van der Waals surface area contributed by atoms with Crippen LogP contribution in [-0.4, -0.2) is 5.78 Å². The molecule has 0 unspecified atom stereocenters. The second-order valence-electron chi connectivity index (χ2n) is 2.66. The van der Waals surface area contributed by atoms with Gasteiger partial charge >= 0.3 is 0 Å². The maximum atomic E-state index is 11.1. The summed E-state index contributed by atoms with van der Waals surface area (Å²) in [6.45, 7) is 1.36. The fraction of sp³-hybridized carbons (Fsp3) is 0.100. The van der Waals surface area contributed by atoms with Gasteiger partial charge in [-0.25, -0.2) is 0 Å². The zero-order valence-corrected chi connectivity index (χ0v) is 8.09. The number of Topliss-reactive ketones (excluding diaryl/α,β-unsaturated/α-hetero) is 1. The molecule has 0 spiro atoms. The third kappa shape index (κ3) is 1.74. The SMILES string of the molecule is CC(=O)c1cc(C#N)c(C#N)cc1Cl. The van der Waals surface area contributed by atoms with Crippen molar-refractivity contribution in [1.82, 2.24) is 0 Å². The van der Waals surface area contributed by atoms with Gasteiger partial charge in [0, 0.05) is 5.56 Å². The first-order chi connectivity index (χ1) is 6.60. The largest absolute Gasteiger partial charge is 0.294 e. The minimum atomic E-state index is -0.226. The number of hydrogen-bond donors (Lipinski definition) is 0. The van der Waals surface area contributed by atoms with Crippen LogP contribution in [0.1, 0.15) is 28.4 Å². The molecule has 1 aromatic carbocycles. The Kier molecular flexibility index (Phi) is 2.86. The highest BCUT2D eigenvalue weighted by molar-refractivity contribution is 6.34. The number of hydrogen-bond acceptors (Lipinski definition) is 3. The van der Waals surface area contributed by atoms with Crippen molar-refractivity contribution in [2.24, 2.45) is 0 Å². The Morgan fingerprint density at radius 1 is 1.29 bits per heavy atom. The molecule has 0 N–H and O–H groups in total. The highest BCUT2D eigenvalue weighted by Gasteiger charge is 2.10. The van der Waals surface area contributed by atoms with Crippen LogP contribution in [0.3, 0.4) is 0 Å². The lowest BCUT2D eigenvalue weighted by Crippen LogP contribution is -1.96. The zero-order valence-electron chi connectivity index (χ0n) is 7.34. The van der Waals surface area contributed by atoms with Gasteiger partial charge in [0.05, 0.1) is 16.1 Å². The van der Waals surface area contributed by atoms with Crippen LogP contribution in [0.4, 0.5) is 0 Å². The summed E-state index contributed by atoms with van der Waals surface area (Å²) in [5.74, 6) is -0.226. The first-order valence-electron chi connectivity index (χ1n) is 3.75. The molecule has 68 valence electrons. The lowest BCUT2D eigenvalue weighted by Gasteiger charge is -2.01. The lowest BCUT2D eigenvalue weighted by molar-refractivity contribution is 0.101. The summed E-state index contributed by atoms with van der Waals surface area (Å²) >= 11 is 5.75. The highest BCUT2D eigenvalue weighted by atomic mass is 35.5. The molecule has 1 aromatic rings. The number of halogens is 1. The van der Waals surface area contributed by atoms with Gasteiger partial charge in [-0.15, -0.1) is 0 Å². The van der Waals surface area contributed by atoms with E-state index in [2.05, 4.69) is 0 Å². The second-order valence-corrected chi connectivity index (χ2v) is 3.06. The quantitative estimate of drug-likeness (QED) is 0.660. The Morgan fingerprint density at radius 2 is 1.79 bits per heavy atom. The molecule has 0 radical (unpaired) electrons. The van der Waals surface area contributed by atoms with Crippen LogP contribution in [0.2, 0.25) is 5.02 Å². The van der Waals surface area contributed by atoms with Crippen molar-refractivity contribution in [2.75, 3.05) is 0 Å². The Labute approximate surface area is 86.1 Å². The minimum absolute atomic E-state index is 0.169. The maximum absolute atomic E-state index is 11.1. The average Bonchev–Trinajstić information content (AvgIpc) is 2.16. The fourth-order valence-electron chi connectivity index (χ4n) is 1.03. The summed E-state index contributed by atoms with van der Waals surface area (Å²) in [4.78, 5) is 11.1. The van der Waals surface area contributed by atoms with Crippen LogP contribution in [-0.2, 0) is 0 Å². The molecule has 1 rings (SSSR count). The van der Waals surface area contributed by atoms with E-state index in [9.17, 15) is 4.79 Å². The molecule has 0 saturated carbocycles. The number of ketones is 1. The summed E-state index contributed by atoms with van der Waals surface area (Å²) in [6.07, 6.45) is 0. The third-order valence-corrected chi connectivity index (χ3v) is 2.04. The molecule has 0 aliphatic rings. The molecule has 0 aromatic heterocycles. The van der Waals surface area contributed by atoms with Crippen LogP contribution < -0.4 is 0 Å². The molecule has 14 heavy (non-hydrogen) atoms. The van der Waals surface area contributed by atoms with Crippen LogP contribution in [0.5, 0.6) is 0 Å². The van der Waals surface area contributed by atoms with Crippen molar-refractivity contribution >= 4 is 17.4 Å². The van der Waals surface area contributed by atoms with Gasteiger partial charge in [0.25, 0.3) is 0 Å². The van der Waals surface area contributed by atoms with Gasteiger partial charge in [-0.05, 0) is 19.1 Å². The standard InChI is InChI=1S/C10H5ClN2O/c1-6(14)9-2-7(4-12)8(5-13)3-10(9)11/h2-3H,1H3. The van der Waals surface area contributed by atoms with E-state index in [1.54, 1.807) is 0 Å². The molecule has 0 aliphatic heterocycles. The van der Waals surface area contributed by atoms with Gasteiger partial charge in [-0.2, -0.15) is 10.5 Å². The summed E-state index contributed by atoms with van der Waals surface area (Å²) in [6, 6.07) is 6.34. The van der Waals surface area contributed by atoms with E-state index in [0.717, 1.165) is 0 Å². The zero-order chi connectivity index (χ0) is 10.7. The van der Waals surface area contributed by atoms with Crippen LogP contribution in [0, 0.1) is 22.7 Å². The number of nitriles is 2. The first-order valence-corrected chi connectivity index (χ1v) is 4.12. The molecule has 0 aliphatic carbocycles. The molecule has 0 fully saturated rings. The molecular weight excluding hydrogens is 200 g/mol. The van der Waals surface area contributed by atoms with E-state index >= 15 is 0 Å². The van der Waals surface area contributed by atoms with Crippen LogP contribution in [0.15, 0.2) is 12.1 Å². The van der Waals surface area contributed by atoms with Gasteiger partial charge in [-0.3, -0.25) is 4.79 Å². The van der Waals surface area contributed by atoms with Crippen LogP contribution >= 0.6 is 11.6 Å². The van der Waals surface area contributed by atoms with Crippen molar-refractivity contribution in [2.45, 2.75) is 6.92 Å². The average molecular weight is 205 g/mol. The molecule has 0 saturated heterocycles. The van der Waals surface area contributed by atoms with E-state index in [0.29, 0.717) is 0 Å². The van der Waals surface area contributed by atoms with E-state index in [-0.39, 0.29) is 27.5 Å². The van der Waals surface area contributed by atoms with Gasteiger partial charge in [0.15, 0.2) is 5.78 Å². The second kappa shape index (κ2) is 3.91. The topological polar surface area (TPSA) is 64.7 Å². The fourth-order valence-corrected chi connectivity index (χ4v) is 1.32. The summed E-state index contributed by atoms with van der Waals surface area (Å²) < 4.78 is 0. The molecule has 3 nitrogen and oxygen atoms in total. The van der Waals surface area contributed by atoms with Crippen molar-refractivity contribution < 1.29 is 4.79 Å². The smallest absolute Gasteiger partial charge is 0.161 e. The molecule has 0 bridgehead atoms. The minimum Gasteiger partial charge on any atom is -0.294 e. The Bertz CT molecular complexity index is 480.